The molecule has 0 atom stereocenters. The summed E-state index contributed by atoms with van der Waals surface area (Å²) in [5.74, 6) is 7.64. The predicted molar refractivity (Wildman–Crippen MR) is 208 cm³/mol. The average molecular weight is 703 g/mol. The number of rotatable bonds is 9. The molecule has 0 spiro atoms. The number of hydrogen-bond acceptors (Lipinski definition) is 7. The van der Waals surface area contributed by atoms with Gasteiger partial charge in [0.05, 0.1) is 33.5 Å². The highest BCUT2D eigenvalue weighted by molar-refractivity contribution is 7.29. The van der Waals surface area contributed by atoms with Crippen LogP contribution in [-0.2, 0) is 19.3 Å². The molecule has 4 heterocycles. The van der Waals surface area contributed by atoms with Crippen molar-refractivity contribution in [3.8, 4) is 44.5 Å². The second-order valence-corrected chi connectivity index (χ2v) is 16.1. The average Bonchev–Trinajstić information content (AvgIpc) is 3.81. The van der Waals surface area contributed by atoms with Crippen LogP contribution in [0.15, 0.2) is 54.6 Å². The predicted octanol–water partition coefficient (Wildman–Crippen LogP) is 12.2. The standard InChI is InChI=1S/C41H39FN4S3/c1-7-31-32(8-2)44-39-37(35-22-34-33(48-35)21-28(47-34)11-9-10-23(3)4)41-40(45-49-46-41)36(38(39)43-31)27-17-15-26(16-18-27)29-19-14-25(20-30(29)42)13-12-24(5)6/h14-24H,7-8,10,12-13H2,1-6H3. The fraction of sp³-hybridized carbons (Fsp3) is 0.317. The molecule has 0 bridgehead atoms. The Hall–Kier alpha value is -4.03. The first-order valence-corrected chi connectivity index (χ1v) is 19.5. The molecule has 0 saturated carbocycles. The van der Waals surface area contributed by atoms with E-state index in [-0.39, 0.29) is 5.82 Å². The van der Waals surface area contributed by atoms with E-state index in [9.17, 15) is 0 Å². The Balaban J connectivity index is 1.35. The quantitative estimate of drug-likeness (QED) is 0.141. The van der Waals surface area contributed by atoms with Gasteiger partial charge in [-0.3, -0.25) is 0 Å². The lowest BCUT2D eigenvalue weighted by molar-refractivity contribution is 0.582. The molecular formula is C41H39FN4S3. The topological polar surface area (TPSA) is 51.6 Å². The Morgan fingerprint density at radius 1 is 0.714 bits per heavy atom. The van der Waals surface area contributed by atoms with Crippen molar-refractivity contribution in [2.45, 2.75) is 73.6 Å². The zero-order valence-corrected chi connectivity index (χ0v) is 31.2. The third-order valence-electron chi connectivity index (χ3n) is 8.86. The first-order valence-electron chi connectivity index (χ1n) is 17.1. The maximum absolute atomic E-state index is 15.3. The summed E-state index contributed by atoms with van der Waals surface area (Å²) in [6, 6.07) is 18.2. The Labute approximate surface area is 299 Å². The maximum atomic E-state index is 15.3. The van der Waals surface area contributed by atoms with Gasteiger partial charge in [0.25, 0.3) is 0 Å². The van der Waals surface area contributed by atoms with E-state index in [1.165, 1.54) is 21.1 Å². The van der Waals surface area contributed by atoms with Gasteiger partial charge in [0, 0.05) is 37.4 Å². The summed E-state index contributed by atoms with van der Waals surface area (Å²) in [5.41, 5.74) is 10.7. The second kappa shape index (κ2) is 14.1. The first-order chi connectivity index (χ1) is 23.7. The van der Waals surface area contributed by atoms with E-state index in [4.69, 9.17) is 18.7 Å². The molecule has 3 aromatic carbocycles. The molecule has 49 heavy (non-hydrogen) atoms. The van der Waals surface area contributed by atoms with Crippen LogP contribution in [0.5, 0.6) is 0 Å². The normalized spacial score (nSPS) is 11.8. The molecule has 0 saturated heterocycles. The van der Waals surface area contributed by atoms with Crippen LogP contribution in [0.3, 0.4) is 0 Å². The molecule has 0 unspecified atom stereocenters. The van der Waals surface area contributed by atoms with Crippen LogP contribution in [0.4, 0.5) is 4.39 Å². The zero-order valence-electron chi connectivity index (χ0n) is 28.8. The van der Waals surface area contributed by atoms with Gasteiger partial charge in [-0.1, -0.05) is 89.8 Å². The molecule has 7 aromatic rings. The van der Waals surface area contributed by atoms with Gasteiger partial charge in [-0.2, -0.15) is 8.75 Å². The monoisotopic (exact) mass is 702 g/mol. The lowest BCUT2D eigenvalue weighted by Crippen LogP contribution is -2.03. The molecule has 4 aromatic heterocycles. The minimum atomic E-state index is -0.189. The minimum Gasteiger partial charge on any atom is -0.249 e. The van der Waals surface area contributed by atoms with Crippen molar-refractivity contribution in [1.82, 2.24) is 18.7 Å². The van der Waals surface area contributed by atoms with Gasteiger partial charge in [-0.25, -0.2) is 14.4 Å². The molecule has 248 valence electrons. The number of aryl methyl sites for hydroxylation is 3. The van der Waals surface area contributed by atoms with Gasteiger partial charge in [-0.15, -0.1) is 22.7 Å². The maximum Gasteiger partial charge on any atom is 0.131 e. The SMILES string of the molecule is CCc1nc2c(-c3ccc(-c4ccc(CCC(C)C)cc4F)cc3)c3nsnc3c(-c3cc4sc(C#CCC(C)C)cc4s3)c2nc1CC. The number of aromatic nitrogens is 4. The van der Waals surface area contributed by atoms with Crippen molar-refractivity contribution in [3.05, 3.63) is 82.2 Å². The molecule has 0 fully saturated rings. The lowest BCUT2D eigenvalue weighted by Gasteiger charge is -2.15. The van der Waals surface area contributed by atoms with Gasteiger partial charge in [0.15, 0.2) is 0 Å². The highest BCUT2D eigenvalue weighted by Gasteiger charge is 2.25. The van der Waals surface area contributed by atoms with Gasteiger partial charge in [0.1, 0.15) is 22.4 Å². The highest BCUT2D eigenvalue weighted by Crippen LogP contribution is 2.46. The Morgan fingerprint density at radius 3 is 2.00 bits per heavy atom. The molecule has 0 amide bonds. The van der Waals surface area contributed by atoms with Gasteiger partial charge in [-0.05, 0) is 72.4 Å². The van der Waals surface area contributed by atoms with Crippen molar-refractivity contribution >= 4 is 65.9 Å². The summed E-state index contributed by atoms with van der Waals surface area (Å²) < 4.78 is 27.5. The fourth-order valence-electron chi connectivity index (χ4n) is 6.25. The Kier molecular flexibility index (Phi) is 9.61. The van der Waals surface area contributed by atoms with E-state index in [0.29, 0.717) is 17.4 Å². The van der Waals surface area contributed by atoms with Crippen LogP contribution in [0.2, 0.25) is 0 Å². The second-order valence-electron chi connectivity index (χ2n) is 13.4. The van der Waals surface area contributed by atoms with Crippen molar-refractivity contribution < 1.29 is 4.39 Å². The Bertz CT molecular complexity index is 2340. The summed E-state index contributed by atoms with van der Waals surface area (Å²) in [6.45, 7) is 13.0. The van der Waals surface area contributed by atoms with E-state index in [1.807, 2.05) is 18.2 Å². The smallest absolute Gasteiger partial charge is 0.131 e. The van der Waals surface area contributed by atoms with E-state index in [0.717, 1.165) is 103 Å². The summed E-state index contributed by atoms with van der Waals surface area (Å²) in [4.78, 5) is 12.8. The number of fused-ring (bicyclic) bond motifs is 3. The van der Waals surface area contributed by atoms with Gasteiger partial charge < -0.3 is 0 Å². The van der Waals surface area contributed by atoms with Crippen LogP contribution in [0, 0.1) is 29.5 Å². The lowest BCUT2D eigenvalue weighted by atomic mass is 9.94. The summed E-state index contributed by atoms with van der Waals surface area (Å²) >= 11 is 4.70. The number of nitrogens with zero attached hydrogens (tertiary/aromatic N) is 4. The summed E-state index contributed by atoms with van der Waals surface area (Å²) in [6.07, 6.45) is 4.40. The molecule has 7 rings (SSSR count). The highest BCUT2D eigenvalue weighted by atomic mass is 32.1. The summed E-state index contributed by atoms with van der Waals surface area (Å²) in [7, 11) is 0. The molecule has 0 radical (unpaired) electrons. The molecule has 0 aliphatic rings. The first kappa shape index (κ1) is 33.5. The molecule has 4 nitrogen and oxygen atoms in total. The molecule has 0 aliphatic carbocycles. The van der Waals surface area contributed by atoms with Crippen LogP contribution in [-0.4, -0.2) is 18.7 Å². The largest absolute Gasteiger partial charge is 0.249 e. The van der Waals surface area contributed by atoms with Gasteiger partial charge in [0.2, 0.25) is 0 Å². The molecule has 0 aliphatic heterocycles. The van der Waals surface area contributed by atoms with Crippen molar-refractivity contribution in [3.63, 3.8) is 0 Å². The van der Waals surface area contributed by atoms with E-state index < -0.39 is 0 Å². The van der Waals surface area contributed by atoms with Crippen molar-refractivity contribution in [1.29, 1.82) is 0 Å². The van der Waals surface area contributed by atoms with Crippen LogP contribution in [0.1, 0.15) is 76.2 Å². The number of thiophene rings is 2. The molecule has 0 N–H and O–H groups in total. The zero-order chi connectivity index (χ0) is 34.2. The van der Waals surface area contributed by atoms with Gasteiger partial charge >= 0.3 is 0 Å². The van der Waals surface area contributed by atoms with E-state index in [2.05, 4.69) is 83.7 Å². The third-order valence-corrected chi connectivity index (χ3v) is 11.6. The van der Waals surface area contributed by atoms with Crippen LogP contribution in [0.25, 0.3) is 64.2 Å². The summed E-state index contributed by atoms with van der Waals surface area (Å²) in [5, 5.41) is 0. The Morgan fingerprint density at radius 2 is 1.37 bits per heavy atom. The van der Waals surface area contributed by atoms with Crippen molar-refractivity contribution in [2.75, 3.05) is 0 Å². The van der Waals surface area contributed by atoms with Crippen molar-refractivity contribution in [2.24, 2.45) is 11.8 Å². The minimum absolute atomic E-state index is 0.189. The van der Waals surface area contributed by atoms with E-state index >= 15 is 4.39 Å². The third kappa shape index (κ3) is 6.64. The fourth-order valence-corrected chi connectivity index (χ4v) is 9.13. The number of halogens is 1. The number of benzene rings is 3. The van der Waals surface area contributed by atoms with Crippen LogP contribution < -0.4 is 0 Å². The van der Waals surface area contributed by atoms with Crippen LogP contribution >= 0.6 is 34.4 Å². The molecule has 8 heteroatoms. The van der Waals surface area contributed by atoms with E-state index in [1.54, 1.807) is 28.7 Å². The number of hydrogen-bond donors (Lipinski definition) is 0. The molecular weight excluding hydrogens is 664 g/mol.